The van der Waals surface area contributed by atoms with Crippen LogP contribution in [0, 0.1) is 0 Å². The first-order valence-electron chi connectivity index (χ1n) is 11.5. The molecule has 0 aliphatic heterocycles. The largest absolute Gasteiger partial charge is 0.424 e. The van der Waals surface area contributed by atoms with E-state index in [1.165, 1.54) is 97.1 Å². The van der Waals surface area contributed by atoms with Gasteiger partial charge in [0, 0.05) is 6.61 Å². The van der Waals surface area contributed by atoms with E-state index in [2.05, 4.69) is 49.3 Å². The molecule has 0 N–H and O–H groups in total. The van der Waals surface area contributed by atoms with Gasteiger partial charge in [0.15, 0.2) is 9.76 Å². The van der Waals surface area contributed by atoms with Crippen molar-refractivity contribution in [1.82, 2.24) is 14.7 Å². The van der Waals surface area contributed by atoms with Crippen LogP contribution in [0.4, 0.5) is 0 Å². The van der Waals surface area contributed by atoms with Crippen molar-refractivity contribution in [3.05, 3.63) is 0 Å². The Labute approximate surface area is 167 Å². The zero-order chi connectivity index (χ0) is 19.5. The van der Waals surface area contributed by atoms with Crippen molar-refractivity contribution in [1.29, 1.82) is 0 Å². The maximum atomic E-state index is 5.85. The Hall–Kier alpha value is 0.0569. The average molecular weight is 388 g/mol. The van der Waals surface area contributed by atoms with Gasteiger partial charge in [0.25, 0.3) is 0 Å². The van der Waals surface area contributed by atoms with E-state index in [-0.39, 0.29) is 9.76 Å². The standard InChI is InChI=1S/C21H49N3OSi/c1-6-11-20-25-26-21-14-19-24(17-12-15-22(7-2)8-3)18-13-16-23(9-4)10-5/h6-21,26H2,1-5H3. The number of hydrogen-bond acceptors (Lipinski definition) is 4. The third-order valence-electron chi connectivity index (χ3n) is 5.34. The summed E-state index contributed by atoms with van der Waals surface area (Å²) in [4.78, 5) is 7.80. The van der Waals surface area contributed by atoms with Crippen LogP contribution >= 0.6 is 0 Å². The molecule has 0 unspecified atom stereocenters. The van der Waals surface area contributed by atoms with E-state index in [0.29, 0.717) is 0 Å². The van der Waals surface area contributed by atoms with Crippen molar-refractivity contribution in [2.75, 3.05) is 65.5 Å². The molecular weight excluding hydrogens is 338 g/mol. The van der Waals surface area contributed by atoms with Crippen LogP contribution < -0.4 is 0 Å². The monoisotopic (exact) mass is 387 g/mol. The molecule has 26 heavy (non-hydrogen) atoms. The molecule has 0 spiro atoms. The lowest BCUT2D eigenvalue weighted by molar-refractivity contribution is 0.217. The van der Waals surface area contributed by atoms with E-state index in [0.717, 1.165) is 6.61 Å². The molecule has 5 heteroatoms. The highest BCUT2D eigenvalue weighted by molar-refractivity contribution is 6.26. The highest BCUT2D eigenvalue weighted by Crippen LogP contribution is 2.03. The third kappa shape index (κ3) is 15.1. The summed E-state index contributed by atoms with van der Waals surface area (Å²) in [5.41, 5.74) is 0. The van der Waals surface area contributed by atoms with Gasteiger partial charge >= 0.3 is 0 Å². The van der Waals surface area contributed by atoms with Gasteiger partial charge in [-0.05, 0) is 90.6 Å². The fourth-order valence-electron chi connectivity index (χ4n) is 3.34. The molecule has 0 heterocycles. The molecular formula is C21H49N3OSi. The van der Waals surface area contributed by atoms with E-state index in [4.69, 9.17) is 4.43 Å². The smallest absolute Gasteiger partial charge is 0.161 e. The lowest BCUT2D eigenvalue weighted by Gasteiger charge is -2.26. The Morgan fingerprint density at radius 1 is 0.577 bits per heavy atom. The molecule has 0 aliphatic carbocycles. The van der Waals surface area contributed by atoms with Crippen molar-refractivity contribution in [3.63, 3.8) is 0 Å². The van der Waals surface area contributed by atoms with Crippen LogP contribution in [0.15, 0.2) is 0 Å². The minimum Gasteiger partial charge on any atom is -0.424 e. The molecule has 158 valence electrons. The summed E-state index contributed by atoms with van der Waals surface area (Å²) >= 11 is 0. The molecule has 0 aromatic rings. The second-order valence-corrected chi connectivity index (χ2v) is 8.80. The fraction of sp³-hybridized carbons (Fsp3) is 1.00. The predicted molar refractivity (Wildman–Crippen MR) is 120 cm³/mol. The maximum Gasteiger partial charge on any atom is 0.161 e. The number of unbranched alkanes of at least 4 members (excludes halogenated alkanes) is 1. The van der Waals surface area contributed by atoms with Crippen LogP contribution in [0.5, 0.6) is 0 Å². The van der Waals surface area contributed by atoms with Gasteiger partial charge in [-0.25, -0.2) is 0 Å². The van der Waals surface area contributed by atoms with Gasteiger partial charge in [0.1, 0.15) is 0 Å². The normalized spacial score (nSPS) is 12.5. The molecule has 0 aromatic heterocycles. The van der Waals surface area contributed by atoms with Crippen molar-refractivity contribution in [2.45, 2.75) is 72.8 Å². The van der Waals surface area contributed by atoms with Crippen LogP contribution in [0.2, 0.25) is 6.04 Å². The number of hydrogen-bond donors (Lipinski definition) is 0. The first-order chi connectivity index (χ1) is 12.7. The minimum absolute atomic E-state index is 0.274. The molecule has 4 nitrogen and oxygen atoms in total. The summed E-state index contributed by atoms with van der Waals surface area (Å²) in [5, 5.41) is 0. The van der Waals surface area contributed by atoms with Gasteiger partial charge in [-0.2, -0.15) is 0 Å². The average Bonchev–Trinajstić information content (AvgIpc) is 2.67. The van der Waals surface area contributed by atoms with E-state index in [9.17, 15) is 0 Å². The Morgan fingerprint density at radius 2 is 1.04 bits per heavy atom. The second kappa shape index (κ2) is 19.8. The SMILES string of the molecule is CCCCO[SiH2]CCCN(CCCN(CC)CC)CCCN(CC)CC. The van der Waals surface area contributed by atoms with E-state index in [1.54, 1.807) is 0 Å². The molecule has 0 saturated heterocycles. The second-order valence-electron chi connectivity index (χ2n) is 7.28. The zero-order valence-corrected chi connectivity index (χ0v) is 20.2. The van der Waals surface area contributed by atoms with Crippen LogP contribution in [0.1, 0.15) is 66.7 Å². The summed E-state index contributed by atoms with van der Waals surface area (Å²) in [7, 11) is -0.274. The minimum atomic E-state index is -0.274. The molecule has 0 rings (SSSR count). The Bertz CT molecular complexity index is 256. The summed E-state index contributed by atoms with van der Waals surface area (Å²) in [5.74, 6) is 0. The Morgan fingerprint density at radius 3 is 1.50 bits per heavy atom. The van der Waals surface area contributed by atoms with E-state index >= 15 is 0 Å². The first kappa shape index (κ1) is 26.1. The third-order valence-corrected chi connectivity index (χ3v) is 6.71. The van der Waals surface area contributed by atoms with Crippen LogP contribution in [0.3, 0.4) is 0 Å². The summed E-state index contributed by atoms with van der Waals surface area (Å²) in [6.07, 6.45) is 6.42. The summed E-state index contributed by atoms with van der Waals surface area (Å²) in [6.45, 7) is 23.3. The van der Waals surface area contributed by atoms with E-state index in [1.807, 2.05) is 0 Å². The molecule has 0 bridgehead atoms. The molecule has 0 fully saturated rings. The van der Waals surface area contributed by atoms with Crippen LogP contribution in [0.25, 0.3) is 0 Å². The van der Waals surface area contributed by atoms with Gasteiger partial charge in [-0.1, -0.05) is 41.0 Å². The number of rotatable bonds is 20. The van der Waals surface area contributed by atoms with Gasteiger partial charge in [0.05, 0.1) is 0 Å². The maximum absolute atomic E-state index is 5.85. The van der Waals surface area contributed by atoms with Crippen LogP contribution in [-0.2, 0) is 4.43 Å². The molecule has 0 atom stereocenters. The lowest BCUT2D eigenvalue weighted by atomic mass is 10.2. The Balaban J connectivity index is 4.05. The van der Waals surface area contributed by atoms with Gasteiger partial charge in [-0.3, -0.25) is 0 Å². The quantitative estimate of drug-likeness (QED) is 0.235. The highest BCUT2D eigenvalue weighted by Gasteiger charge is 2.08. The van der Waals surface area contributed by atoms with Crippen molar-refractivity contribution >= 4 is 9.76 Å². The number of nitrogens with zero attached hydrogens (tertiary/aromatic N) is 3. The van der Waals surface area contributed by atoms with Gasteiger partial charge < -0.3 is 19.1 Å². The van der Waals surface area contributed by atoms with Crippen molar-refractivity contribution < 1.29 is 4.43 Å². The molecule has 0 radical (unpaired) electrons. The fourth-order valence-corrected chi connectivity index (χ4v) is 4.38. The van der Waals surface area contributed by atoms with E-state index < -0.39 is 0 Å². The Kier molecular flexibility index (Phi) is 19.9. The molecule has 0 amide bonds. The topological polar surface area (TPSA) is 19.0 Å². The molecule has 0 saturated carbocycles. The van der Waals surface area contributed by atoms with Gasteiger partial charge in [-0.15, -0.1) is 0 Å². The lowest BCUT2D eigenvalue weighted by Crippen LogP contribution is -2.33. The summed E-state index contributed by atoms with van der Waals surface area (Å²) < 4.78 is 5.85. The highest BCUT2D eigenvalue weighted by atomic mass is 28.2. The molecule has 0 aromatic carbocycles. The summed E-state index contributed by atoms with van der Waals surface area (Å²) in [6, 6.07) is 1.34. The van der Waals surface area contributed by atoms with Crippen LogP contribution in [-0.4, -0.2) is 90.0 Å². The van der Waals surface area contributed by atoms with Crippen molar-refractivity contribution in [3.8, 4) is 0 Å². The molecule has 0 aliphatic rings. The predicted octanol–water partition coefficient (Wildman–Crippen LogP) is 3.46. The van der Waals surface area contributed by atoms with Crippen molar-refractivity contribution in [2.24, 2.45) is 0 Å². The zero-order valence-electron chi connectivity index (χ0n) is 18.8. The first-order valence-corrected chi connectivity index (χ1v) is 13.0. The van der Waals surface area contributed by atoms with Gasteiger partial charge in [0.2, 0.25) is 0 Å².